The number of quaternary nitrogens is 1. The molecule has 2 N–H and O–H groups in total. The number of hydrogen-bond acceptors (Lipinski definition) is 3. The van der Waals surface area contributed by atoms with Crippen molar-refractivity contribution in [2.75, 3.05) is 7.05 Å². The van der Waals surface area contributed by atoms with Crippen LogP contribution in [0.1, 0.15) is 10.7 Å². The monoisotopic (exact) mass is 398 g/mol. The Kier molecular flexibility index (Phi) is 4.63. The molecule has 0 fully saturated rings. The van der Waals surface area contributed by atoms with Crippen LogP contribution in [0.4, 0.5) is 0 Å². The summed E-state index contributed by atoms with van der Waals surface area (Å²) >= 11 is 11.2. The van der Waals surface area contributed by atoms with Crippen molar-refractivity contribution in [3.8, 4) is 0 Å². The third kappa shape index (κ3) is 3.57. The van der Waals surface area contributed by atoms with Gasteiger partial charge in [0, 0.05) is 5.02 Å². The summed E-state index contributed by atoms with van der Waals surface area (Å²) in [6.45, 7) is 1.53. The van der Waals surface area contributed by atoms with Crippen LogP contribution in [0.2, 0.25) is 5.02 Å². The Bertz CT molecular complexity index is 877. The number of benzene rings is 1. The molecule has 0 aliphatic heterocycles. The van der Waals surface area contributed by atoms with E-state index in [0.717, 1.165) is 10.3 Å². The first kappa shape index (κ1) is 15.7. The minimum absolute atomic E-state index is 0.122. The van der Waals surface area contributed by atoms with Crippen molar-refractivity contribution in [2.24, 2.45) is 0 Å². The van der Waals surface area contributed by atoms with E-state index in [1.54, 1.807) is 29.5 Å². The minimum atomic E-state index is -0.122. The maximum absolute atomic E-state index is 12.1. The summed E-state index contributed by atoms with van der Waals surface area (Å²) in [6, 6.07) is 9.28. The zero-order valence-corrected chi connectivity index (χ0v) is 15.0. The van der Waals surface area contributed by atoms with E-state index in [0.29, 0.717) is 28.3 Å². The van der Waals surface area contributed by atoms with Gasteiger partial charge in [-0.15, -0.1) is 11.3 Å². The van der Waals surface area contributed by atoms with Gasteiger partial charge in [0.1, 0.15) is 13.1 Å². The molecule has 4 nitrogen and oxygen atoms in total. The van der Waals surface area contributed by atoms with Gasteiger partial charge in [0.15, 0.2) is 5.82 Å². The van der Waals surface area contributed by atoms with Crippen LogP contribution < -0.4 is 10.5 Å². The molecular weight excluding hydrogens is 386 g/mol. The maximum Gasteiger partial charge on any atom is 0.258 e. The highest BCUT2D eigenvalue weighted by atomic mass is 79.9. The summed E-state index contributed by atoms with van der Waals surface area (Å²) in [5.41, 5.74) is 0.515. The summed E-state index contributed by atoms with van der Waals surface area (Å²) in [4.78, 5) is 22.0. The molecule has 0 radical (unpaired) electrons. The van der Waals surface area contributed by atoms with Crippen LogP contribution in [-0.2, 0) is 13.1 Å². The Hall–Kier alpha value is -1.21. The summed E-state index contributed by atoms with van der Waals surface area (Å²) in [6.07, 6.45) is 0. The summed E-state index contributed by atoms with van der Waals surface area (Å²) in [5, 5.41) is 1.15. The first-order valence-corrected chi connectivity index (χ1v) is 8.74. The zero-order valence-electron chi connectivity index (χ0n) is 11.8. The van der Waals surface area contributed by atoms with Gasteiger partial charge in [-0.1, -0.05) is 11.6 Å². The topological polar surface area (TPSA) is 50.2 Å². The highest BCUT2D eigenvalue weighted by molar-refractivity contribution is 9.11. The van der Waals surface area contributed by atoms with E-state index < -0.39 is 0 Å². The Morgan fingerprint density at radius 2 is 2.14 bits per heavy atom. The summed E-state index contributed by atoms with van der Waals surface area (Å²) in [5.74, 6) is 0.674. The van der Waals surface area contributed by atoms with Crippen molar-refractivity contribution < 1.29 is 4.90 Å². The quantitative estimate of drug-likeness (QED) is 0.708. The molecule has 1 atom stereocenters. The molecule has 22 heavy (non-hydrogen) atoms. The van der Waals surface area contributed by atoms with Gasteiger partial charge in [-0.05, 0) is 46.3 Å². The molecule has 0 aliphatic carbocycles. The predicted molar refractivity (Wildman–Crippen MR) is 93.7 cm³/mol. The largest absolute Gasteiger partial charge is 0.327 e. The number of halogens is 2. The second-order valence-corrected chi connectivity index (χ2v) is 8.17. The Morgan fingerprint density at radius 3 is 2.86 bits per heavy atom. The third-order valence-corrected chi connectivity index (χ3v) is 5.15. The fourth-order valence-electron chi connectivity index (χ4n) is 2.34. The van der Waals surface area contributed by atoms with E-state index in [2.05, 4.69) is 39.0 Å². The lowest BCUT2D eigenvalue weighted by Gasteiger charge is -2.12. The van der Waals surface area contributed by atoms with Crippen molar-refractivity contribution in [3.05, 3.63) is 60.2 Å². The number of nitrogens with one attached hydrogen (secondary N) is 2. The highest BCUT2D eigenvalue weighted by Crippen LogP contribution is 2.21. The van der Waals surface area contributed by atoms with E-state index in [1.807, 2.05) is 6.07 Å². The van der Waals surface area contributed by atoms with Crippen LogP contribution in [-0.4, -0.2) is 17.0 Å². The molecule has 7 heteroatoms. The molecule has 3 aromatic rings. The molecule has 1 unspecified atom stereocenters. The van der Waals surface area contributed by atoms with Crippen LogP contribution >= 0.6 is 38.9 Å². The van der Waals surface area contributed by atoms with Gasteiger partial charge >= 0.3 is 0 Å². The third-order valence-electron chi connectivity index (χ3n) is 3.29. The first-order chi connectivity index (χ1) is 10.5. The fourth-order valence-corrected chi connectivity index (χ4v) is 4.10. The van der Waals surface area contributed by atoms with E-state index >= 15 is 0 Å². The van der Waals surface area contributed by atoms with Crippen molar-refractivity contribution in [2.45, 2.75) is 13.1 Å². The fraction of sp³-hybridized carbons (Fsp3) is 0.200. The summed E-state index contributed by atoms with van der Waals surface area (Å²) < 4.78 is 1.13. The van der Waals surface area contributed by atoms with Gasteiger partial charge in [-0.2, -0.15) is 0 Å². The average molecular weight is 400 g/mol. The van der Waals surface area contributed by atoms with E-state index in [-0.39, 0.29) is 5.56 Å². The Morgan fingerprint density at radius 1 is 1.32 bits per heavy atom. The predicted octanol–water partition coefficient (Wildman–Crippen LogP) is 2.62. The number of H-pyrrole nitrogens is 1. The van der Waals surface area contributed by atoms with Crippen LogP contribution in [0.15, 0.2) is 38.9 Å². The van der Waals surface area contributed by atoms with Crippen LogP contribution in [0.25, 0.3) is 10.9 Å². The molecule has 2 heterocycles. The molecule has 3 rings (SSSR count). The normalized spacial score (nSPS) is 12.7. The Labute approximate surface area is 144 Å². The number of aromatic amines is 1. The Balaban J connectivity index is 1.82. The lowest BCUT2D eigenvalue weighted by Crippen LogP contribution is -3.06. The number of aromatic nitrogens is 2. The molecule has 0 aliphatic rings. The molecule has 0 amide bonds. The number of nitrogens with zero attached hydrogens (tertiary/aromatic N) is 1. The molecule has 0 saturated heterocycles. The molecule has 114 valence electrons. The lowest BCUT2D eigenvalue weighted by atomic mass is 10.2. The number of thiophene rings is 1. The van der Waals surface area contributed by atoms with Gasteiger partial charge in [0.05, 0.1) is 26.6 Å². The number of fused-ring (bicyclic) bond motifs is 1. The molecule has 0 saturated carbocycles. The number of rotatable bonds is 4. The van der Waals surface area contributed by atoms with Crippen LogP contribution in [0.5, 0.6) is 0 Å². The number of hydrogen-bond donors (Lipinski definition) is 2. The van der Waals surface area contributed by atoms with Gasteiger partial charge in [0.25, 0.3) is 5.56 Å². The molecule has 0 spiro atoms. The second-order valence-electron chi connectivity index (χ2n) is 5.19. The van der Waals surface area contributed by atoms with Crippen LogP contribution in [0.3, 0.4) is 0 Å². The van der Waals surface area contributed by atoms with Gasteiger partial charge < -0.3 is 9.88 Å². The molecule has 2 aromatic heterocycles. The standard InChI is InChI=1S/C15H13BrClN3OS/c1-20(7-10-3-5-13(16)22-10)8-14-18-12-6-9(17)2-4-11(12)15(21)19-14/h2-6H,7-8H2,1H3,(H,18,19,21)/p+1. The second kappa shape index (κ2) is 6.50. The van der Waals surface area contributed by atoms with Gasteiger partial charge in [0.2, 0.25) is 0 Å². The molecule has 1 aromatic carbocycles. The van der Waals surface area contributed by atoms with E-state index in [9.17, 15) is 4.79 Å². The minimum Gasteiger partial charge on any atom is -0.327 e. The SMILES string of the molecule is C[NH+](Cc1nc2cc(Cl)ccc2c(=O)[nH]1)Cc1ccc(Br)s1. The molecular formula is C15H14BrClN3OS+. The van der Waals surface area contributed by atoms with Gasteiger partial charge in [-0.25, -0.2) is 4.98 Å². The molecule has 0 bridgehead atoms. The van der Waals surface area contributed by atoms with E-state index in [1.165, 1.54) is 9.78 Å². The van der Waals surface area contributed by atoms with E-state index in [4.69, 9.17) is 11.6 Å². The van der Waals surface area contributed by atoms with Crippen molar-refractivity contribution in [3.63, 3.8) is 0 Å². The van der Waals surface area contributed by atoms with Gasteiger partial charge in [-0.3, -0.25) is 4.79 Å². The first-order valence-electron chi connectivity index (χ1n) is 6.75. The van der Waals surface area contributed by atoms with Crippen LogP contribution in [0, 0.1) is 0 Å². The van der Waals surface area contributed by atoms with Crippen molar-refractivity contribution in [1.82, 2.24) is 9.97 Å². The van der Waals surface area contributed by atoms with Crippen molar-refractivity contribution in [1.29, 1.82) is 0 Å². The smallest absolute Gasteiger partial charge is 0.258 e. The average Bonchev–Trinajstić information content (AvgIpc) is 2.83. The zero-order chi connectivity index (χ0) is 15.7. The lowest BCUT2D eigenvalue weighted by molar-refractivity contribution is -0.908. The summed E-state index contributed by atoms with van der Waals surface area (Å²) in [7, 11) is 2.08. The van der Waals surface area contributed by atoms with Crippen molar-refractivity contribution >= 4 is 49.8 Å². The highest BCUT2D eigenvalue weighted by Gasteiger charge is 2.11. The maximum atomic E-state index is 12.1.